The first-order valence-electron chi connectivity index (χ1n) is 9.34. The highest BCUT2D eigenvalue weighted by molar-refractivity contribution is 7.15. The van der Waals surface area contributed by atoms with E-state index in [4.69, 9.17) is 9.15 Å². The fourth-order valence-electron chi connectivity index (χ4n) is 2.92. The molecule has 3 rings (SSSR count). The molecule has 2 N–H and O–H groups in total. The van der Waals surface area contributed by atoms with Crippen LogP contribution in [0.3, 0.4) is 0 Å². The number of carbonyl (C=O) groups excluding carboxylic acids is 3. The molecule has 0 saturated heterocycles. The van der Waals surface area contributed by atoms with Gasteiger partial charge in [0.15, 0.2) is 5.76 Å². The Kier molecular flexibility index (Phi) is 6.68. The van der Waals surface area contributed by atoms with Crippen LogP contribution in [0.15, 0.2) is 52.5 Å². The molecule has 2 amide bonds. The summed E-state index contributed by atoms with van der Waals surface area (Å²) in [5.74, 6) is -0.777. The first-order chi connectivity index (χ1) is 14.4. The van der Waals surface area contributed by atoms with E-state index < -0.39 is 17.8 Å². The van der Waals surface area contributed by atoms with Crippen LogP contribution in [0.1, 0.15) is 50.7 Å². The van der Waals surface area contributed by atoms with E-state index in [0.717, 1.165) is 5.56 Å². The fourth-order valence-corrected chi connectivity index (χ4v) is 3.87. The molecule has 0 aliphatic rings. The van der Waals surface area contributed by atoms with Gasteiger partial charge in [0.25, 0.3) is 11.8 Å². The highest BCUT2D eigenvalue weighted by Gasteiger charge is 2.22. The lowest BCUT2D eigenvalue weighted by atomic mass is 10.0. The number of esters is 1. The number of carbonyl (C=O) groups is 3. The third-order valence-corrected chi connectivity index (χ3v) is 5.18. The molecule has 0 unspecified atom stereocenters. The van der Waals surface area contributed by atoms with Crippen molar-refractivity contribution in [3.8, 4) is 0 Å². The molecule has 3 aromatic rings. The summed E-state index contributed by atoms with van der Waals surface area (Å²) in [6, 6.07) is 9.67. The van der Waals surface area contributed by atoms with Gasteiger partial charge in [0, 0.05) is 11.3 Å². The molecule has 1 aromatic carbocycles. The summed E-state index contributed by atoms with van der Waals surface area (Å²) in [5.41, 5.74) is 2.01. The summed E-state index contributed by atoms with van der Waals surface area (Å²) >= 11 is 1.28. The van der Waals surface area contributed by atoms with Crippen molar-refractivity contribution in [3.63, 3.8) is 0 Å². The largest absolute Gasteiger partial charge is 0.465 e. The quantitative estimate of drug-likeness (QED) is 0.527. The average molecular weight is 426 g/mol. The summed E-state index contributed by atoms with van der Waals surface area (Å²) in [7, 11) is 1.32. The van der Waals surface area contributed by atoms with E-state index >= 15 is 0 Å². The van der Waals surface area contributed by atoms with Crippen molar-refractivity contribution >= 4 is 39.8 Å². The van der Waals surface area contributed by atoms with E-state index in [9.17, 15) is 14.4 Å². The zero-order chi connectivity index (χ0) is 21.7. The Bertz CT molecular complexity index is 1050. The third kappa shape index (κ3) is 4.96. The second kappa shape index (κ2) is 9.41. The second-order valence-electron chi connectivity index (χ2n) is 7.02. The second-order valence-corrected chi connectivity index (χ2v) is 7.90. The SMILES string of the molecule is COC(=O)c1c(CC(C)C)csc1NC(=O)c1cccc(NC(=O)c2ccco2)c1. The summed E-state index contributed by atoms with van der Waals surface area (Å²) in [6.07, 6.45) is 2.11. The molecule has 0 spiro atoms. The van der Waals surface area contributed by atoms with E-state index in [0.29, 0.717) is 34.2 Å². The van der Waals surface area contributed by atoms with Gasteiger partial charge in [-0.25, -0.2) is 4.79 Å². The van der Waals surface area contributed by atoms with Crippen molar-refractivity contribution in [2.75, 3.05) is 17.7 Å². The van der Waals surface area contributed by atoms with Crippen LogP contribution >= 0.6 is 11.3 Å². The number of benzene rings is 1. The van der Waals surface area contributed by atoms with Crippen molar-refractivity contribution in [3.05, 3.63) is 70.5 Å². The van der Waals surface area contributed by atoms with Gasteiger partial charge in [-0.2, -0.15) is 0 Å². The Balaban J connectivity index is 1.79. The molecule has 0 atom stereocenters. The maximum absolute atomic E-state index is 12.8. The van der Waals surface area contributed by atoms with Crippen molar-refractivity contribution < 1.29 is 23.5 Å². The fraction of sp³-hybridized carbons (Fsp3) is 0.227. The van der Waals surface area contributed by atoms with E-state index in [1.807, 2.05) is 5.38 Å². The molecule has 30 heavy (non-hydrogen) atoms. The molecule has 0 fully saturated rings. The zero-order valence-corrected chi connectivity index (χ0v) is 17.7. The predicted octanol–water partition coefficient (Wildman–Crippen LogP) is 4.83. The smallest absolute Gasteiger partial charge is 0.341 e. The monoisotopic (exact) mass is 426 g/mol. The van der Waals surface area contributed by atoms with Crippen LogP contribution in [0.5, 0.6) is 0 Å². The number of thiophene rings is 1. The minimum atomic E-state index is -0.485. The lowest BCUT2D eigenvalue weighted by Gasteiger charge is -2.10. The molecule has 0 bridgehead atoms. The van der Waals surface area contributed by atoms with E-state index in [1.54, 1.807) is 36.4 Å². The molecular weight excluding hydrogens is 404 g/mol. The molecule has 2 aromatic heterocycles. The van der Waals surface area contributed by atoms with Crippen LogP contribution in [0.4, 0.5) is 10.7 Å². The molecule has 0 radical (unpaired) electrons. The van der Waals surface area contributed by atoms with Crippen LogP contribution in [-0.4, -0.2) is 24.9 Å². The Morgan fingerprint density at radius 3 is 2.57 bits per heavy atom. The first kappa shape index (κ1) is 21.3. The molecule has 2 heterocycles. The van der Waals surface area contributed by atoms with Crippen LogP contribution < -0.4 is 10.6 Å². The number of ether oxygens (including phenoxy) is 1. The number of hydrogen-bond acceptors (Lipinski definition) is 6. The van der Waals surface area contributed by atoms with E-state index in [2.05, 4.69) is 24.5 Å². The standard InChI is InChI=1S/C22H22N2O5S/c1-13(2)10-15-12-30-21(18(15)22(27)28-3)24-19(25)14-6-4-7-16(11-14)23-20(26)17-8-5-9-29-17/h4-9,11-13H,10H2,1-3H3,(H,23,26)(H,24,25). The van der Waals surface area contributed by atoms with Gasteiger partial charge in [0.05, 0.1) is 18.9 Å². The molecular formula is C22H22N2O5S. The van der Waals surface area contributed by atoms with Gasteiger partial charge in [0.2, 0.25) is 0 Å². The number of methoxy groups -OCH3 is 1. The van der Waals surface area contributed by atoms with Crippen LogP contribution in [0.2, 0.25) is 0 Å². The number of amides is 2. The number of furan rings is 1. The molecule has 7 nitrogen and oxygen atoms in total. The predicted molar refractivity (Wildman–Crippen MR) is 115 cm³/mol. The lowest BCUT2D eigenvalue weighted by molar-refractivity contribution is 0.0601. The van der Waals surface area contributed by atoms with Crippen LogP contribution in [0.25, 0.3) is 0 Å². The summed E-state index contributed by atoms with van der Waals surface area (Å²) < 4.78 is 9.97. The Hall–Kier alpha value is -3.39. The highest BCUT2D eigenvalue weighted by atomic mass is 32.1. The van der Waals surface area contributed by atoms with E-state index in [1.165, 1.54) is 24.7 Å². The number of hydrogen-bond donors (Lipinski definition) is 2. The normalized spacial score (nSPS) is 10.7. The zero-order valence-electron chi connectivity index (χ0n) is 16.9. The van der Waals surface area contributed by atoms with Crippen LogP contribution in [-0.2, 0) is 11.2 Å². The Morgan fingerprint density at radius 2 is 1.90 bits per heavy atom. The maximum Gasteiger partial charge on any atom is 0.341 e. The van der Waals surface area contributed by atoms with Gasteiger partial charge in [-0.3, -0.25) is 9.59 Å². The molecule has 156 valence electrons. The van der Waals surface area contributed by atoms with Gasteiger partial charge in [-0.05, 0) is 53.6 Å². The minimum Gasteiger partial charge on any atom is -0.465 e. The van der Waals surface area contributed by atoms with Gasteiger partial charge in [-0.15, -0.1) is 11.3 Å². The summed E-state index contributed by atoms with van der Waals surface area (Å²) in [5, 5.41) is 7.78. The molecule has 8 heteroatoms. The lowest BCUT2D eigenvalue weighted by Crippen LogP contribution is -2.16. The Labute approximate surface area is 178 Å². The van der Waals surface area contributed by atoms with Crippen molar-refractivity contribution in [1.82, 2.24) is 0 Å². The summed E-state index contributed by atoms with van der Waals surface area (Å²) in [6.45, 7) is 4.11. The molecule has 0 aliphatic carbocycles. The maximum atomic E-state index is 12.8. The van der Waals surface area contributed by atoms with Gasteiger partial charge >= 0.3 is 5.97 Å². The first-order valence-corrected chi connectivity index (χ1v) is 10.2. The third-order valence-electron chi connectivity index (χ3n) is 4.24. The van der Waals surface area contributed by atoms with Gasteiger partial charge in [-0.1, -0.05) is 19.9 Å². The minimum absolute atomic E-state index is 0.170. The number of anilines is 2. The van der Waals surface area contributed by atoms with Crippen molar-refractivity contribution in [1.29, 1.82) is 0 Å². The number of rotatable bonds is 7. The van der Waals surface area contributed by atoms with Gasteiger partial charge in [0.1, 0.15) is 5.00 Å². The topological polar surface area (TPSA) is 97.6 Å². The van der Waals surface area contributed by atoms with Crippen molar-refractivity contribution in [2.24, 2.45) is 5.92 Å². The Morgan fingerprint density at radius 1 is 1.10 bits per heavy atom. The summed E-state index contributed by atoms with van der Waals surface area (Å²) in [4.78, 5) is 37.2. The molecule has 0 aliphatic heterocycles. The average Bonchev–Trinajstić information content (AvgIpc) is 3.38. The van der Waals surface area contributed by atoms with Gasteiger partial charge < -0.3 is 19.8 Å². The molecule has 0 saturated carbocycles. The van der Waals surface area contributed by atoms with Crippen LogP contribution in [0, 0.1) is 5.92 Å². The van der Waals surface area contributed by atoms with E-state index in [-0.39, 0.29) is 5.76 Å². The highest BCUT2D eigenvalue weighted by Crippen LogP contribution is 2.31. The van der Waals surface area contributed by atoms with Crippen molar-refractivity contribution in [2.45, 2.75) is 20.3 Å². The number of nitrogens with one attached hydrogen (secondary N) is 2.